The van der Waals surface area contributed by atoms with Gasteiger partial charge in [0.2, 0.25) is 0 Å². The van der Waals surface area contributed by atoms with Crippen LogP contribution in [0.5, 0.6) is 0 Å². The van der Waals surface area contributed by atoms with Crippen molar-refractivity contribution >= 4 is 0 Å². The van der Waals surface area contributed by atoms with E-state index in [4.69, 9.17) is 28.0 Å². The molecule has 0 atom stereocenters. The number of nitrogens with zero attached hydrogens (tertiary/aromatic N) is 1. The SMILES string of the molecule is CCC1(CC)O[C-][N][C]1NC(C)(C)C.[C-]#[O+].[C-]#[O+].[C-]#[O+].[C-]#[O+].[C-]#[O+].[W+2]. The Labute approximate surface area is 164 Å². The molecular weight excluding hydrogens is 500 g/mol. The summed E-state index contributed by atoms with van der Waals surface area (Å²) in [4.78, 5) is 0. The van der Waals surface area contributed by atoms with Gasteiger partial charge in [-0.3, -0.25) is 5.32 Å². The van der Waals surface area contributed by atoms with Crippen LogP contribution in [0.2, 0.25) is 0 Å². The average molecular weight is 520 g/mol. The van der Waals surface area contributed by atoms with Crippen molar-refractivity contribution in [1.82, 2.24) is 10.6 Å². The van der Waals surface area contributed by atoms with E-state index in [1.165, 1.54) is 0 Å². The van der Waals surface area contributed by atoms with Gasteiger partial charge in [-0.25, -0.2) is 6.73 Å². The molecule has 135 valence electrons. The molecule has 0 bridgehead atoms. The van der Waals surface area contributed by atoms with E-state index >= 15 is 0 Å². The van der Waals surface area contributed by atoms with Gasteiger partial charge in [0, 0.05) is 5.54 Å². The summed E-state index contributed by atoms with van der Waals surface area (Å²) in [6.07, 6.45) is 2.74. The van der Waals surface area contributed by atoms with Crippen molar-refractivity contribution in [3.8, 4) is 0 Å². The fraction of sp³-hybridized carbons (Fsp3) is 0.562. The summed E-state index contributed by atoms with van der Waals surface area (Å²) in [6.45, 7) is 35.7. The van der Waals surface area contributed by atoms with Crippen LogP contribution >= 0.6 is 0 Å². The molecule has 1 heterocycles. The Morgan fingerprint density at radius 1 is 0.920 bits per heavy atom. The molecule has 8 nitrogen and oxygen atoms in total. The monoisotopic (exact) mass is 520 g/mol. The number of ether oxygens (including phenoxy) is 1. The number of nitrogens with one attached hydrogen (secondary N) is 1. The first-order chi connectivity index (χ1) is 11.4. The molecule has 1 aliphatic heterocycles. The van der Waals surface area contributed by atoms with E-state index in [0.29, 0.717) is 0 Å². The van der Waals surface area contributed by atoms with Crippen LogP contribution in [-0.4, -0.2) is 11.1 Å². The molecule has 1 rings (SSSR count). The summed E-state index contributed by atoms with van der Waals surface area (Å²) in [5.74, 6) is 0. The molecule has 1 fully saturated rings. The van der Waals surface area contributed by atoms with Gasteiger partial charge < -0.3 is 10.1 Å². The second kappa shape index (κ2) is 28.1. The third-order valence-corrected chi connectivity index (χ3v) is 2.47. The van der Waals surface area contributed by atoms with Crippen LogP contribution in [-0.2, 0) is 49.1 Å². The van der Waals surface area contributed by atoms with Crippen LogP contribution in [0.25, 0.3) is 0 Å². The molecule has 0 saturated carbocycles. The maximum atomic E-state index is 7.50. The number of rotatable bonds is 3. The van der Waals surface area contributed by atoms with Crippen molar-refractivity contribution in [2.75, 3.05) is 0 Å². The second-order valence-electron chi connectivity index (χ2n) is 4.73. The van der Waals surface area contributed by atoms with Crippen molar-refractivity contribution in [2.24, 2.45) is 0 Å². The smallest absolute Gasteiger partial charge is 2.00 e. The van der Waals surface area contributed by atoms with E-state index in [1.807, 2.05) is 0 Å². The van der Waals surface area contributed by atoms with E-state index in [1.54, 1.807) is 0 Å². The minimum Gasteiger partial charge on any atom is 2.00 e. The predicted molar refractivity (Wildman–Crippen MR) is 75.6 cm³/mol. The standard InChI is InChI=1S/C11H20N2O.5CO.W/c1-6-11(7-2)9(12-8-14-11)13-10(3,4)5;5*1-2;/h13H,6-7H2,1-5H3;;;;;;/q-1;;;;;;+2. The normalized spacial score (nSPS) is 13.2. The van der Waals surface area contributed by atoms with Gasteiger partial charge in [-0.2, -0.15) is 0 Å². The van der Waals surface area contributed by atoms with Crippen LogP contribution in [0, 0.1) is 46.1 Å². The Bertz CT molecular complexity index is 333. The predicted octanol–water partition coefficient (Wildman–Crippen LogP) is 1.86. The second-order valence-corrected chi connectivity index (χ2v) is 4.73. The van der Waals surface area contributed by atoms with Crippen molar-refractivity contribution in [3.63, 3.8) is 0 Å². The largest absolute Gasteiger partial charge is 2.00 e. The summed E-state index contributed by atoms with van der Waals surface area (Å²) in [6, 6.07) is 0. The van der Waals surface area contributed by atoms with Crippen molar-refractivity contribution < 1.29 is 49.1 Å². The first kappa shape index (κ1) is 39.4. The summed E-state index contributed by atoms with van der Waals surface area (Å²) in [5, 5.41) is 7.52. The van der Waals surface area contributed by atoms with E-state index in [0.717, 1.165) is 19.0 Å². The van der Waals surface area contributed by atoms with Gasteiger partial charge in [0.25, 0.3) is 0 Å². The van der Waals surface area contributed by atoms with Crippen LogP contribution in [0.3, 0.4) is 0 Å². The molecular formula is C16H20N2O6W+. The molecule has 1 saturated heterocycles. The van der Waals surface area contributed by atoms with Crippen LogP contribution in [0.4, 0.5) is 0 Å². The molecule has 1 aliphatic rings. The van der Waals surface area contributed by atoms with Crippen LogP contribution in [0.15, 0.2) is 0 Å². The van der Waals surface area contributed by atoms with Gasteiger partial charge >= 0.3 is 77.6 Å². The van der Waals surface area contributed by atoms with Gasteiger partial charge in [-0.1, -0.05) is 13.8 Å². The maximum Gasteiger partial charge on any atom is 2.00 e. The van der Waals surface area contributed by atoms with Crippen LogP contribution in [0.1, 0.15) is 47.5 Å². The average Bonchev–Trinajstić information content (AvgIpc) is 3.05. The molecule has 0 aromatic rings. The van der Waals surface area contributed by atoms with Gasteiger partial charge in [-0.15, -0.1) is 0 Å². The molecule has 0 aromatic carbocycles. The third kappa shape index (κ3) is 19.4. The molecule has 0 amide bonds. The Balaban J connectivity index is -0.0000000708. The Hall–Kier alpha value is -0.732. The quantitative estimate of drug-likeness (QED) is 0.450. The van der Waals surface area contributed by atoms with E-state index in [2.05, 4.69) is 85.2 Å². The molecule has 0 aromatic heterocycles. The van der Waals surface area contributed by atoms with Gasteiger partial charge in [0.05, 0.1) is 5.60 Å². The molecule has 9 heteroatoms. The summed E-state index contributed by atoms with van der Waals surface area (Å²) >= 11 is 0. The maximum absolute atomic E-state index is 7.50. The van der Waals surface area contributed by atoms with Crippen molar-refractivity contribution in [1.29, 1.82) is 0 Å². The number of hydrogen-bond acceptors (Lipinski definition) is 2. The van der Waals surface area contributed by atoms with Crippen LogP contribution < -0.4 is 10.6 Å². The zero-order valence-electron chi connectivity index (χ0n) is 14.7. The molecule has 0 spiro atoms. The first-order valence-electron chi connectivity index (χ1n) is 6.25. The third-order valence-electron chi connectivity index (χ3n) is 2.47. The minimum atomic E-state index is -0.271. The fourth-order valence-electron chi connectivity index (χ4n) is 1.53. The summed E-state index contributed by atoms with van der Waals surface area (Å²) < 4.78 is 43.0. The van der Waals surface area contributed by atoms with Crippen molar-refractivity contribution in [3.05, 3.63) is 46.1 Å². The van der Waals surface area contributed by atoms with Crippen molar-refractivity contribution in [2.45, 2.75) is 58.6 Å². The Morgan fingerprint density at radius 3 is 1.48 bits per heavy atom. The zero-order valence-corrected chi connectivity index (χ0v) is 17.7. The zero-order chi connectivity index (χ0) is 20.8. The Kier molecular flexibility index (Phi) is 44.2. The fourth-order valence-corrected chi connectivity index (χ4v) is 1.53. The molecule has 25 heavy (non-hydrogen) atoms. The molecule has 0 aliphatic carbocycles. The molecule has 0 unspecified atom stereocenters. The van der Waals surface area contributed by atoms with Gasteiger partial charge in [-0.05, 0) is 33.6 Å². The molecule has 3 radical (unpaired) electrons. The number of hydrogen-bond donors (Lipinski definition) is 1. The summed E-state index contributed by atoms with van der Waals surface area (Å²) in [7, 11) is 0. The minimum absolute atomic E-state index is 0. The van der Waals surface area contributed by atoms with Gasteiger partial charge in [0.15, 0.2) is 0 Å². The van der Waals surface area contributed by atoms with E-state index in [9.17, 15) is 0 Å². The topological polar surface area (TPSA) is 135 Å². The molecule has 1 N–H and O–H groups in total. The van der Waals surface area contributed by atoms with E-state index < -0.39 is 0 Å². The first-order valence-corrected chi connectivity index (χ1v) is 6.25. The summed E-state index contributed by atoms with van der Waals surface area (Å²) in [5.41, 5.74) is -0.253. The Morgan fingerprint density at radius 2 is 1.24 bits per heavy atom. The van der Waals surface area contributed by atoms with Gasteiger partial charge in [0.1, 0.15) is 6.17 Å². The van der Waals surface area contributed by atoms with E-state index in [-0.39, 0.29) is 32.2 Å².